The fourth-order valence-electron chi connectivity index (χ4n) is 0.651. The highest BCUT2D eigenvalue weighted by Gasteiger charge is 2.00. The third-order valence-corrected chi connectivity index (χ3v) is 1.14. The first kappa shape index (κ1) is 12.3. The number of imidazole rings is 1. The van der Waals surface area contributed by atoms with Gasteiger partial charge in [0.15, 0.2) is 0 Å². The minimum absolute atomic E-state index is 1.00. The van der Waals surface area contributed by atoms with E-state index in [0.717, 1.165) is 12.2 Å². The number of nitrogens with one attached hydrogen (secondary N) is 1. The smallest absolute Gasteiger partial charge is 0.346 e. The van der Waals surface area contributed by atoms with Gasteiger partial charge in [0.25, 0.3) is 0 Å². The summed E-state index contributed by atoms with van der Waals surface area (Å²) in [5.74, 6) is 1.00. The van der Waals surface area contributed by atoms with Crippen LogP contribution in [0, 0.1) is 6.92 Å². The van der Waals surface area contributed by atoms with E-state index in [4.69, 9.17) is 19.2 Å². The van der Waals surface area contributed by atoms with E-state index >= 15 is 0 Å². The number of phosphoric acid groups is 1. The first-order valence-corrected chi connectivity index (χ1v) is 5.18. The number of H-pyrrole nitrogens is 1. The van der Waals surface area contributed by atoms with Crippen LogP contribution >= 0.6 is 7.82 Å². The van der Waals surface area contributed by atoms with Gasteiger partial charge in [-0.2, -0.15) is 0 Å². The standard InChI is InChI=1S/C6H10N2.H3O4P/c1-3-6-4-7-5(2)8-6;1-5(2,3)4/h4H,3H2,1-2H3,(H,7,8);(H3,1,2,3,4). The number of nitrogens with zero attached hydrogens (tertiary/aromatic N) is 1. The van der Waals surface area contributed by atoms with Crippen molar-refractivity contribution in [3.05, 3.63) is 17.7 Å². The van der Waals surface area contributed by atoms with Crippen LogP contribution in [0.5, 0.6) is 0 Å². The number of aromatic nitrogens is 2. The molecule has 0 unspecified atom stereocenters. The van der Waals surface area contributed by atoms with Gasteiger partial charge in [-0.25, -0.2) is 9.55 Å². The monoisotopic (exact) mass is 208 g/mol. The Labute approximate surface area is 75.9 Å². The Morgan fingerprint density at radius 1 is 1.54 bits per heavy atom. The highest BCUT2D eigenvalue weighted by molar-refractivity contribution is 7.45. The lowest BCUT2D eigenvalue weighted by atomic mass is 10.4. The molecule has 0 saturated carbocycles. The Kier molecular flexibility index (Phi) is 4.87. The summed E-state index contributed by atoms with van der Waals surface area (Å²) in [4.78, 5) is 28.7. The lowest BCUT2D eigenvalue weighted by Crippen LogP contribution is -1.76. The Balaban J connectivity index is 0.000000252. The number of rotatable bonds is 1. The number of hydrogen-bond donors (Lipinski definition) is 4. The minimum Gasteiger partial charge on any atom is -0.346 e. The molecule has 0 bridgehead atoms. The maximum Gasteiger partial charge on any atom is 0.466 e. The molecule has 7 heteroatoms. The van der Waals surface area contributed by atoms with Gasteiger partial charge in [-0.15, -0.1) is 0 Å². The van der Waals surface area contributed by atoms with E-state index in [9.17, 15) is 0 Å². The van der Waals surface area contributed by atoms with Crippen LogP contribution in [0.1, 0.15) is 18.4 Å². The van der Waals surface area contributed by atoms with Crippen molar-refractivity contribution in [2.45, 2.75) is 20.3 Å². The Hall–Kier alpha value is -0.680. The third-order valence-electron chi connectivity index (χ3n) is 1.14. The Morgan fingerprint density at radius 3 is 2.15 bits per heavy atom. The first-order chi connectivity index (χ1) is 5.83. The zero-order valence-electron chi connectivity index (χ0n) is 7.43. The van der Waals surface area contributed by atoms with Crippen LogP contribution in [0.25, 0.3) is 0 Å². The Bertz CT molecular complexity index is 284. The van der Waals surface area contributed by atoms with Crippen LogP contribution in [0.15, 0.2) is 6.20 Å². The van der Waals surface area contributed by atoms with Crippen LogP contribution in [0.4, 0.5) is 0 Å². The molecule has 0 amide bonds. The van der Waals surface area contributed by atoms with E-state index in [0.29, 0.717) is 0 Å². The molecule has 1 rings (SSSR count). The summed E-state index contributed by atoms with van der Waals surface area (Å²) in [5, 5.41) is 0. The quantitative estimate of drug-likeness (QED) is 0.498. The van der Waals surface area contributed by atoms with Crippen molar-refractivity contribution < 1.29 is 19.2 Å². The zero-order valence-corrected chi connectivity index (χ0v) is 8.32. The van der Waals surface area contributed by atoms with Crippen molar-refractivity contribution in [2.24, 2.45) is 0 Å². The molecule has 1 heterocycles. The van der Waals surface area contributed by atoms with Crippen LogP contribution in [-0.2, 0) is 11.0 Å². The first-order valence-electron chi connectivity index (χ1n) is 3.61. The predicted molar refractivity (Wildman–Crippen MR) is 47.0 cm³/mol. The number of aryl methyl sites for hydroxylation is 2. The highest BCUT2D eigenvalue weighted by Crippen LogP contribution is 2.25. The molecule has 0 aliphatic rings. The maximum atomic E-state index is 8.88. The third kappa shape index (κ3) is 9.23. The summed E-state index contributed by atoms with van der Waals surface area (Å²) in [6.45, 7) is 4.06. The lowest BCUT2D eigenvalue weighted by molar-refractivity contribution is 0.275. The SMILES string of the molecule is CCc1cnc(C)[nH]1.O=P(O)(O)O. The topological polar surface area (TPSA) is 106 Å². The van der Waals surface area contributed by atoms with Crippen molar-refractivity contribution in [1.82, 2.24) is 9.97 Å². The van der Waals surface area contributed by atoms with E-state index in [1.165, 1.54) is 5.69 Å². The van der Waals surface area contributed by atoms with Gasteiger partial charge < -0.3 is 19.7 Å². The largest absolute Gasteiger partial charge is 0.466 e. The molecule has 1 aromatic rings. The zero-order chi connectivity index (χ0) is 10.5. The molecule has 0 fully saturated rings. The molecular formula is C6H13N2O4P. The highest BCUT2D eigenvalue weighted by atomic mass is 31.2. The van der Waals surface area contributed by atoms with Gasteiger partial charge in [0.1, 0.15) is 5.82 Å². The van der Waals surface area contributed by atoms with E-state index < -0.39 is 7.82 Å². The fraction of sp³-hybridized carbons (Fsp3) is 0.500. The molecule has 0 aliphatic heterocycles. The van der Waals surface area contributed by atoms with Crippen LogP contribution in [0.3, 0.4) is 0 Å². The maximum absolute atomic E-state index is 8.88. The molecule has 0 radical (unpaired) electrons. The van der Waals surface area contributed by atoms with Crippen molar-refractivity contribution >= 4 is 7.82 Å². The van der Waals surface area contributed by atoms with Gasteiger partial charge >= 0.3 is 7.82 Å². The van der Waals surface area contributed by atoms with Crippen molar-refractivity contribution in [2.75, 3.05) is 0 Å². The van der Waals surface area contributed by atoms with Crippen molar-refractivity contribution in [1.29, 1.82) is 0 Å². The second-order valence-corrected chi connectivity index (χ2v) is 3.39. The molecular weight excluding hydrogens is 195 g/mol. The minimum atomic E-state index is -4.64. The second-order valence-electron chi connectivity index (χ2n) is 2.36. The summed E-state index contributed by atoms with van der Waals surface area (Å²) >= 11 is 0. The van der Waals surface area contributed by atoms with E-state index in [1.54, 1.807) is 0 Å². The van der Waals surface area contributed by atoms with Gasteiger partial charge in [0.2, 0.25) is 0 Å². The molecule has 0 aromatic carbocycles. The van der Waals surface area contributed by atoms with Crippen molar-refractivity contribution in [3.8, 4) is 0 Å². The fourth-order valence-corrected chi connectivity index (χ4v) is 0.651. The summed E-state index contributed by atoms with van der Waals surface area (Å²) in [7, 11) is -4.64. The van der Waals surface area contributed by atoms with Gasteiger partial charge in [-0.05, 0) is 13.3 Å². The van der Waals surface area contributed by atoms with E-state index in [1.807, 2.05) is 13.1 Å². The summed E-state index contributed by atoms with van der Waals surface area (Å²) in [6.07, 6.45) is 2.91. The molecule has 0 saturated heterocycles. The normalized spacial score (nSPS) is 10.5. The number of hydrogen-bond acceptors (Lipinski definition) is 2. The van der Waals surface area contributed by atoms with Gasteiger partial charge in [0.05, 0.1) is 0 Å². The van der Waals surface area contributed by atoms with Crippen LogP contribution < -0.4 is 0 Å². The summed E-state index contributed by atoms with van der Waals surface area (Å²) in [5.41, 5.74) is 1.21. The molecule has 0 atom stereocenters. The van der Waals surface area contributed by atoms with E-state index in [2.05, 4.69) is 16.9 Å². The summed E-state index contributed by atoms with van der Waals surface area (Å²) in [6, 6.07) is 0. The summed E-state index contributed by atoms with van der Waals surface area (Å²) < 4.78 is 8.88. The average Bonchev–Trinajstić information content (AvgIpc) is 2.31. The predicted octanol–water partition coefficient (Wildman–Crippen LogP) is 0.352. The van der Waals surface area contributed by atoms with Crippen LogP contribution in [0.2, 0.25) is 0 Å². The van der Waals surface area contributed by atoms with Gasteiger partial charge in [-0.1, -0.05) is 6.92 Å². The van der Waals surface area contributed by atoms with Crippen molar-refractivity contribution in [3.63, 3.8) is 0 Å². The molecule has 1 aromatic heterocycles. The van der Waals surface area contributed by atoms with E-state index in [-0.39, 0.29) is 0 Å². The van der Waals surface area contributed by atoms with Crippen LogP contribution in [-0.4, -0.2) is 24.6 Å². The molecule has 0 spiro atoms. The lowest BCUT2D eigenvalue weighted by Gasteiger charge is -1.82. The van der Waals surface area contributed by atoms with Gasteiger partial charge in [0, 0.05) is 11.9 Å². The molecule has 13 heavy (non-hydrogen) atoms. The average molecular weight is 208 g/mol. The number of aromatic amines is 1. The molecule has 76 valence electrons. The Morgan fingerprint density at radius 2 is 2.00 bits per heavy atom. The second kappa shape index (κ2) is 5.14. The molecule has 4 N–H and O–H groups in total. The molecule has 0 aliphatic carbocycles. The van der Waals surface area contributed by atoms with Gasteiger partial charge in [-0.3, -0.25) is 0 Å². The molecule has 6 nitrogen and oxygen atoms in total.